The Labute approximate surface area is 127 Å². The normalized spacial score (nSPS) is 16.9. The number of nitrogens with zero attached hydrogens (tertiary/aromatic N) is 3. The molecule has 0 aliphatic carbocycles. The molecule has 0 atom stereocenters. The molecule has 1 heterocycles. The Morgan fingerprint density at radius 2 is 2.00 bits per heavy atom. The third kappa shape index (κ3) is 5.04. The van der Waals surface area contributed by atoms with E-state index in [1.54, 1.807) is 6.07 Å². The summed E-state index contributed by atoms with van der Waals surface area (Å²) in [4.78, 5) is 4.74. The minimum atomic E-state index is 0.613. The summed E-state index contributed by atoms with van der Waals surface area (Å²) >= 11 is 0. The Bertz CT molecular complexity index is 473. The molecule has 0 radical (unpaired) electrons. The van der Waals surface area contributed by atoms with Crippen molar-refractivity contribution in [3.05, 3.63) is 29.8 Å². The van der Waals surface area contributed by atoms with Crippen LogP contribution in [-0.4, -0.2) is 56.7 Å². The second-order valence-corrected chi connectivity index (χ2v) is 6.00. The van der Waals surface area contributed by atoms with Gasteiger partial charge in [-0.05, 0) is 58.1 Å². The fourth-order valence-corrected chi connectivity index (χ4v) is 2.88. The molecule has 1 aromatic rings. The Hall–Kier alpha value is -1.57. The first-order valence-corrected chi connectivity index (χ1v) is 7.68. The Balaban J connectivity index is 1.70. The minimum absolute atomic E-state index is 0.613. The van der Waals surface area contributed by atoms with Gasteiger partial charge in [-0.15, -0.1) is 0 Å². The van der Waals surface area contributed by atoms with Gasteiger partial charge in [0, 0.05) is 13.1 Å². The van der Waals surface area contributed by atoms with E-state index in [9.17, 15) is 0 Å². The third-order valence-corrected chi connectivity index (χ3v) is 4.00. The quantitative estimate of drug-likeness (QED) is 0.804. The zero-order chi connectivity index (χ0) is 15.1. The van der Waals surface area contributed by atoms with Crippen molar-refractivity contribution in [3.8, 4) is 11.8 Å². The highest BCUT2D eigenvalue weighted by Crippen LogP contribution is 2.19. The van der Waals surface area contributed by atoms with E-state index in [0.29, 0.717) is 17.9 Å². The molecular weight excluding hydrogens is 262 g/mol. The van der Waals surface area contributed by atoms with Crippen LogP contribution in [0.15, 0.2) is 24.3 Å². The zero-order valence-electron chi connectivity index (χ0n) is 13.1. The summed E-state index contributed by atoms with van der Waals surface area (Å²) in [6, 6.07) is 9.59. The largest absolute Gasteiger partial charge is 0.491 e. The summed E-state index contributed by atoms with van der Waals surface area (Å²) in [5.41, 5.74) is 0.613. The Morgan fingerprint density at radius 1 is 1.29 bits per heavy atom. The molecule has 0 N–H and O–H groups in total. The van der Waals surface area contributed by atoms with Crippen LogP contribution in [0.5, 0.6) is 5.75 Å². The second-order valence-electron chi connectivity index (χ2n) is 6.00. The van der Waals surface area contributed by atoms with Gasteiger partial charge in [-0.3, -0.25) is 4.90 Å². The highest BCUT2D eigenvalue weighted by molar-refractivity contribution is 5.42. The zero-order valence-corrected chi connectivity index (χ0v) is 13.1. The first kappa shape index (κ1) is 15.8. The summed E-state index contributed by atoms with van der Waals surface area (Å²) < 4.78 is 5.75. The van der Waals surface area contributed by atoms with Crippen LogP contribution in [0.4, 0.5) is 0 Å². The Morgan fingerprint density at radius 3 is 2.67 bits per heavy atom. The number of likely N-dealkylation sites (tertiary alicyclic amines) is 1. The fraction of sp³-hybridized carbons (Fsp3) is 0.588. The van der Waals surface area contributed by atoms with E-state index in [-0.39, 0.29) is 0 Å². The molecule has 0 spiro atoms. The van der Waals surface area contributed by atoms with Gasteiger partial charge in [-0.25, -0.2) is 0 Å². The van der Waals surface area contributed by atoms with Crippen LogP contribution >= 0.6 is 0 Å². The lowest BCUT2D eigenvalue weighted by Gasteiger charge is -2.33. The van der Waals surface area contributed by atoms with Gasteiger partial charge in [-0.2, -0.15) is 5.26 Å². The van der Waals surface area contributed by atoms with E-state index in [4.69, 9.17) is 10.00 Å². The SMILES string of the molecule is CN(C)CC1CCN(CCOc2ccccc2C#N)CC1. The van der Waals surface area contributed by atoms with Gasteiger partial charge in [0.25, 0.3) is 0 Å². The van der Waals surface area contributed by atoms with Gasteiger partial charge in [0.2, 0.25) is 0 Å². The van der Waals surface area contributed by atoms with Crippen LogP contribution in [0.3, 0.4) is 0 Å². The number of hydrogen-bond acceptors (Lipinski definition) is 4. The van der Waals surface area contributed by atoms with E-state index < -0.39 is 0 Å². The van der Waals surface area contributed by atoms with Gasteiger partial charge in [0.1, 0.15) is 18.4 Å². The molecule has 1 fully saturated rings. The molecule has 21 heavy (non-hydrogen) atoms. The van der Waals surface area contributed by atoms with Crippen molar-refractivity contribution in [2.45, 2.75) is 12.8 Å². The molecule has 0 saturated carbocycles. The van der Waals surface area contributed by atoms with Crippen molar-refractivity contribution in [3.63, 3.8) is 0 Å². The average Bonchev–Trinajstić information content (AvgIpc) is 2.49. The molecule has 4 heteroatoms. The van der Waals surface area contributed by atoms with Crippen LogP contribution in [-0.2, 0) is 0 Å². The van der Waals surface area contributed by atoms with Crippen molar-refractivity contribution in [1.82, 2.24) is 9.80 Å². The van der Waals surface area contributed by atoms with E-state index in [1.807, 2.05) is 18.2 Å². The van der Waals surface area contributed by atoms with Gasteiger partial charge in [-0.1, -0.05) is 12.1 Å². The highest BCUT2D eigenvalue weighted by atomic mass is 16.5. The summed E-state index contributed by atoms with van der Waals surface area (Å²) in [7, 11) is 4.29. The third-order valence-electron chi connectivity index (χ3n) is 4.00. The van der Waals surface area contributed by atoms with Crippen LogP contribution < -0.4 is 4.74 Å². The van der Waals surface area contributed by atoms with E-state index in [1.165, 1.54) is 19.4 Å². The maximum Gasteiger partial charge on any atom is 0.137 e. The average molecular weight is 287 g/mol. The molecule has 1 saturated heterocycles. The first-order chi connectivity index (χ1) is 10.2. The number of ether oxygens (including phenoxy) is 1. The van der Waals surface area contributed by atoms with Crippen molar-refractivity contribution < 1.29 is 4.74 Å². The second kappa shape index (κ2) is 8.02. The number of rotatable bonds is 6. The predicted octanol–water partition coefficient (Wildman–Crippen LogP) is 2.21. The Kier molecular flexibility index (Phi) is 6.04. The molecule has 0 bridgehead atoms. The first-order valence-electron chi connectivity index (χ1n) is 7.68. The summed E-state index contributed by atoms with van der Waals surface area (Å²) in [5.74, 6) is 1.53. The topological polar surface area (TPSA) is 39.5 Å². The summed E-state index contributed by atoms with van der Waals surface area (Å²) in [5, 5.41) is 9.02. The van der Waals surface area contributed by atoms with Crippen LogP contribution in [0.1, 0.15) is 18.4 Å². The predicted molar refractivity (Wildman–Crippen MR) is 84.4 cm³/mol. The van der Waals surface area contributed by atoms with Crippen LogP contribution in [0.25, 0.3) is 0 Å². The van der Waals surface area contributed by atoms with Crippen molar-refractivity contribution in [2.75, 3.05) is 46.9 Å². The molecule has 0 aromatic heterocycles. The molecule has 2 rings (SSSR count). The molecule has 1 aromatic carbocycles. The van der Waals surface area contributed by atoms with Gasteiger partial charge < -0.3 is 9.64 Å². The van der Waals surface area contributed by atoms with Gasteiger partial charge in [0.05, 0.1) is 5.56 Å². The van der Waals surface area contributed by atoms with Crippen molar-refractivity contribution in [1.29, 1.82) is 5.26 Å². The number of para-hydroxylation sites is 1. The minimum Gasteiger partial charge on any atom is -0.491 e. The summed E-state index contributed by atoms with van der Waals surface area (Å²) in [6.07, 6.45) is 2.54. The number of hydrogen-bond donors (Lipinski definition) is 0. The maximum atomic E-state index is 9.02. The molecule has 1 aliphatic heterocycles. The molecule has 1 aliphatic rings. The monoisotopic (exact) mass is 287 g/mol. The molecule has 114 valence electrons. The van der Waals surface area contributed by atoms with Gasteiger partial charge in [0.15, 0.2) is 0 Å². The molecule has 0 unspecified atom stereocenters. The lowest BCUT2D eigenvalue weighted by atomic mass is 9.96. The number of piperidine rings is 1. The molecule has 4 nitrogen and oxygen atoms in total. The van der Waals surface area contributed by atoms with Crippen LogP contribution in [0.2, 0.25) is 0 Å². The lowest BCUT2D eigenvalue weighted by molar-refractivity contribution is 0.141. The molecule has 0 amide bonds. The number of nitriles is 1. The van der Waals surface area contributed by atoms with Crippen molar-refractivity contribution in [2.24, 2.45) is 5.92 Å². The lowest BCUT2D eigenvalue weighted by Crippen LogP contribution is -2.39. The molecular formula is C17H25N3O. The smallest absolute Gasteiger partial charge is 0.137 e. The maximum absolute atomic E-state index is 9.02. The fourth-order valence-electron chi connectivity index (χ4n) is 2.88. The van der Waals surface area contributed by atoms with E-state index >= 15 is 0 Å². The highest BCUT2D eigenvalue weighted by Gasteiger charge is 2.19. The summed E-state index contributed by atoms with van der Waals surface area (Å²) in [6.45, 7) is 5.09. The number of benzene rings is 1. The van der Waals surface area contributed by atoms with E-state index in [0.717, 1.165) is 25.6 Å². The van der Waals surface area contributed by atoms with Crippen molar-refractivity contribution >= 4 is 0 Å². The standard InChI is InChI=1S/C17H25N3O/c1-19(2)14-15-7-9-20(10-8-15)11-12-21-17-6-4-3-5-16(17)13-18/h3-6,15H,7-12,14H2,1-2H3. The van der Waals surface area contributed by atoms with Gasteiger partial charge >= 0.3 is 0 Å². The van der Waals surface area contributed by atoms with E-state index in [2.05, 4.69) is 30.0 Å². The van der Waals surface area contributed by atoms with Crippen LogP contribution in [0, 0.1) is 17.2 Å².